The summed E-state index contributed by atoms with van der Waals surface area (Å²) in [5.41, 5.74) is 1.69. The van der Waals surface area contributed by atoms with E-state index in [-0.39, 0.29) is 12.3 Å². The van der Waals surface area contributed by atoms with Crippen LogP contribution in [0.1, 0.15) is 17.4 Å². The highest BCUT2D eigenvalue weighted by molar-refractivity contribution is 5.96. The summed E-state index contributed by atoms with van der Waals surface area (Å²) in [6, 6.07) is 13.7. The van der Waals surface area contributed by atoms with E-state index < -0.39 is 22.3 Å². The Morgan fingerprint density at radius 2 is 1.76 bits per heavy atom. The average Bonchev–Trinajstić information content (AvgIpc) is 3.21. The fourth-order valence-corrected chi connectivity index (χ4v) is 4.74. The van der Waals surface area contributed by atoms with Crippen LogP contribution in [0.2, 0.25) is 0 Å². The van der Waals surface area contributed by atoms with Gasteiger partial charge in [0.15, 0.2) is 0 Å². The van der Waals surface area contributed by atoms with E-state index in [9.17, 15) is 19.7 Å². The van der Waals surface area contributed by atoms with Gasteiger partial charge < -0.3 is 14.0 Å². The van der Waals surface area contributed by atoms with Gasteiger partial charge in [-0.05, 0) is 35.9 Å². The second kappa shape index (κ2) is 7.99. The second-order valence-corrected chi connectivity index (χ2v) is 8.11. The van der Waals surface area contributed by atoms with Crippen LogP contribution in [0.25, 0.3) is 22.2 Å². The highest BCUT2D eigenvalue weighted by Crippen LogP contribution is 2.42. The monoisotopic (exact) mass is 462 g/mol. The number of aromatic nitrogens is 3. The third-order valence-corrected chi connectivity index (χ3v) is 6.33. The van der Waals surface area contributed by atoms with Crippen molar-refractivity contribution in [2.45, 2.75) is 12.6 Å². The fraction of sp³-hybridized carbons (Fsp3) is 0.250. The molecule has 0 radical (unpaired) electrons. The normalized spacial score (nSPS) is 15.3. The van der Waals surface area contributed by atoms with Crippen molar-refractivity contribution in [3.8, 4) is 17.0 Å². The molecule has 0 saturated heterocycles. The zero-order valence-electron chi connectivity index (χ0n) is 18.8. The number of hydrogen-bond acceptors (Lipinski definition) is 6. The fourth-order valence-electron chi connectivity index (χ4n) is 4.74. The lowest BCUT2D eigenvalue weighted by molar-refractivity contribution is -0.386. The summed E-state index contributed by atoms with van der Waals surface area (Å²) in [7, 11) is 4.60. The van der Waals surface area contributed by atoms with Crippen LogP contribution in [0.4, 0.5) is 5.69 Å². The minimum absolute atomic E-state index is 0.0878. The first kappa shape index (κ1) is 21.7. The summed E-state index contributed by atoms with van der Waals surface area (Å²) in [4.78, 5) is 37.6. The van der Waals surface area contributed by atoms with Crippen molar-refractivity contribution in [3.05, 3.63) is 90.7 Å². The second-order valence-electron chi connectivity index (χ2n) is 8.11. The van der Waals surface area contributed by atoms with Gasteiger partial charge in [0.05, 0.1) is 46.5 Å². The SMILES string of the molecule is COc1ccc(-c2c3c(=O)n(C)c(=O)n(C)c3c3n2CCO[C@H]3c2ccccc2[N+](=O)[O-])cc1. The summed E-state index contributed by atoms with van der Waals surface area (Å²) < 4.78 is 15.8. The van der Waals surface area contributed by atoms with Gasteiger partial charge in [-0.3, -0.25) is 24.0 Å². The quantitative estimate of drug-likeness (QED) is 0.341. The van der Waals surface area contributed by atoms with Gasteiger partial charge in [-0.25, -0.2) is 4.79 Å². The van der Waals surface area contributed by atoms with E-state index in [1.807, 2.05) is 16.7 Å². The van der Waals surface area contributed by atoms with Gasteiger partial charge in [-0.2, -0.15) is 0 Å². The van der Waals surface area contributed by atoms with Crippen LogP contribution < -0.4 is 16.0 Å². The minimum atomic E-state index is -0.831. The molecule has 0 unspecified atom stereocenters. The van der Waals surface area contributed by atoms with E-state index in [4.69, 9.17) is 9.47 Å². The van der Waals surface area contributed by atoms with E-state index >= 15 is 0 Å². The van der Waals surface area contributed by atoms with Crippen LogP contribution in [-0.2, 0) is 25.4 Å². The molecule has 2 aromatic heterocycles. The van der Waals surface area contributed by atoms with Crippen LogP contribution in [0, 0.1) is 10.1 Å². The Labute approximate surface area is 193 Å². The highest BCUT2D eigenvalue weighted by atomic mass is 16.6. The minimum Gasteiger partial charge on any atom is -0.497 e. The molecular weight excluding hydrogens is 440 g/mol. The van der Waals surface area contributed by atoms with E-state index in [0.29, 0.717) is 40.1 Å². The molecular formula is C24H22N4O6. The molecule has 10 heteroatoms. The standard InChI is InChI=1S/C24H22N4O6/c1-25-20-18(23(29)26(2)24(25)30)19(14-8-10-15(33-3)11-9-14)27-12-13-34-22(21(20)27)16-6-4-5-7-17(16)28(31)32/h4-11,22H,12-13H2,1-3H3/t22-/m0/s1. The number of benzene rings is 2. The van der Waals surface area contributed by atoms with Crippen LogP contribution in [0.5, 0.6) is 5.75 Å². The number of para-hydroxylation sites is 1. The van der Waals surface area contributed by atoms with Crippen molar-refractivity contribution in [1.29, 1.82) is 0 Å². The van der Waals surface area contributed by atoms with Gasteiger partial charge in [0, 0.05) is 26.7 Å². The van der Waals surface area contributed by atoms with Gasteiger partial charge in [-0.15, -0.1) is 0 Å². The number of nitrogens with zero attached hydrogens (tertiary/aromatic N) is 4. The molecule has 0 aliphatic carbocycles. The molecule has 4 aromatic rings. The third kappa shape index (κ3) is 3.06. The van der Waals surface area contributed by atoms with Gasteiger partial charge in [0.2, 0.25) is 0 Å². The molecule has 0 spiro atoms. The maximum absolute atomic E-state index is 13.4. The van der Waals surface area contributed by atoms with Crippen LogP contribution in [0.3, 0.4) is 0 Å². The van der Waals surface area contributed by atoms with Crippen LogP contribution >= 0.6 is 0 Å². The van der Waals surface area contributed by atoms with E-state index in [1.165, 1.54) is 17.7 Å². The molecule has 1 atom stereocenters. The predicted octanol–water partition coefficient (Wildman–Crippen LogP) is 2.74. The Morgan fingerprint density at radius 1 is 1.06 bits per heavy atom. The molecule has 1 aliphatic rings. The lowest BCUT2D eigenvalue weighted by atomic mass is 10.0. The Bertz CT molecular complexity index is 1560. The highest BCUT2D eigenvalue weighted by Gasteiger charge is 2.35. The van der Waals surface area contributed by atoms with Crippen LogP contribution in [-0.4, -0.2) is 32.3 Å². The molecule has 0 fully saturated rings. The maximum Gasteiger partial charge on any atom is 0.331 e. The number of nitro benzene ring substituents is 1. The number of fused-ring (bicyclic) bond motifs is 3. The van der Waals surface area contributed by atoms with Crippen molar-refractivity contribution < 1.29 is 14.4 Å². The molecule has 0 bridgehead atoms. The first-order valence-electron chi connectivity index (χ1n) is 10.7. The van der Waals surface area contributed by atoms with E-state index in [1.54, 1.807) is 44.5 Å². The molecule has 174 valence electrons. The van der Waals surface area contributed by atoms with Crippen molar-refractivity contribution in [3.63, 3.8) is 0 Å². The number of ether oxygens (including phenoxy) is 2. The lowest BCUT2D eigenvalue weighted by Crippen LogP contribution is -2.37. The zero-order valence-corrected chi connectivity index (χ0v) is 18.8. The van der Waals surface area contributed by atoms with Crippen molar-refractivity contribution in [2.24, 2.45) is 14.1 Å². The Balaban J connectivity index is 1.92. The van der Waals surface area contributed by atoms with Crippen molar-refractivity contribution in [1.82, 2.24) is 13.7 Å². The Kier molecular flexibility index (Phi) is 5.09. The summed E-state index contributed by atoms with van der Waals surface area (Å²) in [5, 5.41) is 12.1. The predicted molar refractivity (Wildman–Crippen MR) is 125 cm³/mol. The van der Waals surface area contributed by atoms with E-state index in [2.05, 4.69) is 0 Å². The summed E-state index contributed by atoms with van der Waals surface area (Å²) in [6.45, 7) is 0.696. The van der Waals surface area contributed by atoms with Gasteiger partial charge >= 0.3 is 5.69 Å². The molecule has 0 amide bonds. The number of nitro groups is 1. The first-order chi connectivity index (χ1) is 16.3. The molecule has 0 saturated carbocycles. The zero-order chi connectivity index (χ0) is 24.1. The first-order valence-corrected chi connectivity index (χ1v) is 10.7. The number of hydrogen-bond donors (Lipinski definition) is 0. The largest absolute Gasteiger partial charge is 0.497 e. The molecule has 10 nitrogen and oxygen atoms in total. The van der Waals surface area contributed by atoms with E-state index in [0.717, 1.165) is 10.1 Å². The third-order valence-electron chi connectivity index (χ3n) is 6.33. The number of methoxy groups -OCH3 is 1. The summed E-state index contributed by atoms with van der Waals surface area (Å²) in [5.74, 6) is 0.667. The summed E-state index contributed by atoms with van der Waals surface area (Å²) in [6.07, 6.45) is -0.831. The van der Waals surface area contributed by atoms with Gasteiger partial charge in [-0.1, -0.05) is 12.1 Å². The maximum atomic E-state index is 13.4. The molecule has 5 rings (SSSR count). The van der Waals surface area contributed by atoms with Gasteiger partial charge in [0.25, 0.3) is 11.2 Å². The summed E-state index contributed by atoms with van der Waals surface area (Å²) >= 11 is 0. The molecule has 34 heavy (non-hydrogen) atoms. The topological polar surface area (TPSA) is 111 Å². The Morgan fingerprint density at radius 3 is 2.44 bits per heavy atom. The molecule has 2 aromatic carbocycles. The Hall–Kier alpha value is -4.18. The van der Waals surface area contributed by atoms with Crippen LogP contribution in [0.15, 0.2) is 58.1 Å². The van der Waals surface area contributed by atoms with Crippen molar-refractivity contribution in [2.75, 3.05) is 13.7 Å². The number of rotatable bonds is 4. The molecule has 3 heterocycles. The van der Waals surface area contributed by atoms with Crippen molar-refractivity contribution >= 4 is 16.6 Å². The number of aryl methyl sites for hydroxylation is 1. The molecule has 1 aliphatic heterocycles. The van der Waals surface area contributed by atoms with Gasteiger partial charge in [0.1, 0.15) is 11.9 Å². The smallest absolute Gasteiger partial charge is 0.331 e. The lowest BCUT2D eigenvalue weighted by Gasteiger charge is -2.27. The molecule has 0 N–H and O–H groups in total. The average molecular weight is 462 g/mol.